The largest absolute Gasteiger partial charge is 0.494 e. The van der Waals surface area contributed by atoms with Crippen molar-refractivity contribution in [2.24, 2.45) is 5.92 Å². The van der Waals surface area contributed by atoms with Gasteiger partial charge in [-0.25, -0.2) is 0 Å². The molecule has 0 spiro atoms. The van der Waals surface area contributed by atoms with Crippen LogP contribution in [0, 0.1) is 5.92 Å². The average Bonchev–Trinajstić information content (AvgIpc) is 2.71. The topological polar surface area (TPSA) is 26.3 Å². The highest BCUT2D eigenvalue weighted by Gasteiger charge is 2.27. The number of carbonyl (C=O) groups is 1. The average molecular weight is 379 g/mol. The molecule has 0 aromatic heterocycles. The predicted octanol–water partition coefficient (Wildman–Crippen LogP) is 7.18. The number of rotatable bonds is 9. The summed E-state index contributed by atoms with van der Waals surface area (Å²) in [5, 5.41) is 0. The van der Waals surface area contributed by atoms with E-state index < -0.39 is 0 Å². The Kier molecular flexibility index (Phi) is 7.71. The molecule has 0 N–H and O–H groups in total. The summed E-state index contributed by atoms with van der Waals surface area (Å²) in [4.78, 5) is 12.3. The lowest BCUT2D eigenvalue weighted by atomic mass is 9.78. The lowest BCUT2D eigenvalue weighted by Crippen LogP contribution is -2.21. The quantitative estimate of drug-likeness (QED) is 0.432. The number of hydrogen-bond donors (Lipinski definition) is 0. The molecule has 0 saturated heterocycles. The standard InChI is InChI=1S/C26H34O2/c1-3-4-5-6-7-18-28-24-15-13-22(14-16-24)21-9-11-23(12-10-21)25-17-8-20(2)19-26(25)27/h9-16,20,25H,3-8,17-19H2,1-2H3. The van der Waals surface area contributed by atoms with E-state index in [-0.39, 0.29) is 5.92 Å². The highest BCUT2D eigenvalue weighted by atomic mass is 16.5. The molecule has 0 heterocycles. The molecule has 0 radical (unpaired) electrons. The molecule has 2 atom stereocenters. The first kappa shape index (κ1) is 20.6. The summed E-state index contributed by atoms with van der Waals surface area (Å²) < 4.78 is 5.86. The second-order valence-electron chi connectivity index (χ2n) is 8.31. The van der Waals surface area contributed by atoms with Crippen LogP contribution in [-0.2, 0) is 4.79 Å². The molecule has 150 valence electrons. The molecule has 1 aliphatic rings. The Labute approximate surface area is 170 Å². The van der Waals surface area contributed by atoms with Crippen LogP contribution < -0.4 is 4.74 Å². The van der Waals surface area contributed by atoms with Gasteiger partial charge in [-0.15, -0.1) is 0 Å². The van der Waals surface area contributed by atoms with Crippen LogP contribution in [0.1, 0.15) is 76.7 Å². The number of carbonyl (C=O) groups excluding carboxylic acids is 1. The minimum absolute atomic E-state index is 0.0957. The number of unbranched alkanes of at least 4 members (excludes halogenated alkanes) is 4. The van der Waals surface area contributed by atoms with Crippen molar-refractivity contribution in [2.45, 2.75) is 71.1 Å². The zero-order chi connectivity index (χ0) is 19.8. The number of ether oxygens (including phenoxy) is 1. The summed E-state index contributed by atoms with van der Waals surface area (Å²) in [7, 11) is 0. The van der Waals surface area contributed by atoms with Gasteiger partial charge in [-0.3, -0.25) is 4.79 Å². The number of hydrogen-bond acceptors (Lipinski definition) is 2. The zero-order valence-corrected chi connectivity index (χ0v) is 17.5. The molecule has 1 saturated carbocycles. The molecule has 2 aromatic carbocycles. The second-order valence-corrected chi connectivity index (χ2v) is 8.31. The lowest BCUT2D eigenvalue weighted by Gasteiger charge is -2.25. The fourth-order valence-electron chi connectivity index (χ4n) is 4.10. The number of Topliss-reactive ketones (excluding diaryl/α,β-unsaturated/α-hetero) is 1. The van der Waals surface area contributed by atoms with Gasteiger partial charge in [0, 0.05) is 12.3 Å². The predicted molar refractivity (Wildman–Crippen MR) is 117 cm³/mol. The van der Waals surface area contributed by atoms with Gasteiger partial charge in [-0.05, 0) is 54.0 Å². The van der Waals surface area contributed by atoms with Crippen molar-refractivity contribution >= 4 is 5.78 Å². The van der Waals surface area contributed by atoms with E-state index in [1.54, 1.807) is 0 Å². The minimum atomic E-state index is 0.0957. The van der Waals surface area contributed by atoms with Crippen molar-refractivity contribution in [1.82, 2.24) is 0 Å². The molecular formula is C26H34O2. The normalized spacial score (nSPS) is 19.6. The van der Waals surface area contributed by atoms with Crippen LogP contribution in [0.15, 0.2) is 48.5 Å². The maximum Gasteiger partial charge on any atom is 0.140 e. The van der Waals surface area contributed by atoms with Crippen LogP contribution in [0.2, 0.25) is 0 Å². The van der Waals surface area contributed by atoms with Gasteiger partial charge in [0.1, 0.15) is 11.5 Å². The van der Waals surface area contributed by atoms with Crippen LogP contribution in [-0.4, -0.2) is 12.4 Å². The first-order valence-corrected chi connectivity index (χ1v) is 11.0. The molecular weight excluding hydrogens is 344 g/mol. The van der Waals surface area contributed by atoms with Crippen LogP contribution >= 0.6 is 0 Å². The number of ketones is 1. The first-order chi connectivity index (χ1) is 13.7. The molecule has 0 amide bonds. The van der Waals surface area contributed by atoms with Gasteiger partial charge in [-0.2, -0.15) is 0 Å². The Morgan fingerprint density at radius 3 is 2.14 bits per heavy atom. The zero-order valence-electron chi connectivity index (χ0n) is 17.5. The minimum Gasteiger partial charge on any atom is -0.494 e. The van der Waals surface area contributed by atoms with Crippen molar-refractivity contribution in [2.75, 3.05) is 6.61 Å². The number of benzene rings is 2. The van der Waals surface area contributed by atoms with E-state index in [1.165, 1.54) is 42.4 Å². The van der Waals surface area contributed by atoms with Crippen LogP contribution in [0.25, 0.3) is 11.1 Å². The van der Waals surface area contributed by atoms with E-state index in [2.05, 4.69) is 62.4 Å². The molecule has 2 unspecified atom stereocenters. The Bertz CT molecular complexity index is 730. The molecule has 1 fully saturated rings. The van der Waals surface area contributed by atoms with Gasteiger partial charge in [0.25, 0.3) is 0 Å². The SMILES string of the molecule is CCCCCCCOc1ccc(-c2ccc(C3CCC(C)CC3=O)cc2)cc1. The Balaban J connectivity index is 1.53. The van der Waals surface area contributed by atoms with E-state index >= 15 is 0 Å². The van der Waals surface area contributed by atoms with E-state index in [9.17, 15) is 4.79 Å². The third-order valence-corrected chi connectivity index (χ3v) is 5.90. The lowest BCUT2D eigenvalue weighted by molar-refractivity contribution is -0.123. The van der Waals surface area contributed by atoms with E-state index in [1.807, 2.05) is 0 Å². The van der Waals surface area contributed by atoms with Crippen molar-refractivity contribution in [3.8, 4) is 16.9 Å². The maximum atomic E-state index is 12.3. The highest BCUT2D eigenvalue weighted by molar-refractivity contribution is 5.86. The van der Waals surface area contributed by atoms with E-state index in [0.29, 0.717) is 11.7 Å². The first-order valence-electron chi connectivity index (χ1n) is 11.0. The maximum absolute atomic E-state index is 12.3. The van der Waals surface area contributed by atoms with Crippen LogP contribution in [0.4, 0.5) is 0 Å². The summed E-state index contributed by atoms with van der Waals surface area (Å²) in [6, 6.07) is 16.9. The molecule has 0 bridgehead atoms. The third-order valence-electron chi connectivity index (χ3n) is 5.90. The Hall–Kier alpha value is -2.09. The Morgan fingerprint density at radius 2 is 1.50 bits per heavy atom. The van der Waals surface area contributed by atoms with Gasteiger partial charge >= 0.3 is 0 Å². The van der Waals surface area contributed by atoms with Crippen LogP contribution in [0.5, 0.6) is 5.75 Å². The van der Waals surface area contributed by atoms with Crippen molar-refractivity contribution in [3.05, 3.63) is 54.1 Å². The van der Waals surface area contributed by atoms with Crippen LogP contribution in [0.3, 0.4) is 0 Å². The molecule has 3 rings (SSSR count). The summed E-state index contributed by atoms with van der Waals surface area (Å²) in [6.45, 7) is 5.21. The molecule has 2 nitrogen and oxygen atoms in total. The second kappa shape index (κ2) is 10.5. The van der Waals surface area contributed by atoms with Gasteiger partial charge < -0.3 is 4.74 Å². The molecule has 1 aliphatic carbocycles. The van der Waals surface area contributed by atoms with Crippen molar-refractivity contribution in [3.63, 3.8) is 0 Å². The van der Waals surface area contributed by atoms with Gasteiger partial charge in [0.15, 0.2) is 0 Å². The van der Waals surface area contributed by atoms with Crippen molar-refractivity contribution in [1.29, 1.82) is 0 Å². The summed E-state index contributed by atoms with van der Waals surface area (Å²) in [5.41, 5.74) is 3.54. The van der Waals surface area contributed by atoms with Crippen molar-refractivity contribution < 1.29 is 9.53 Å². The fourth-order valence-corrected chi connectivity index (χ4v) is 4.10. The molecule has 0 aliphatic heterocycles. The highest BCUT2D eigenvalue weighted by Crippen LogP contribution is 2.34. The monoisotopic (exact) mass is 378 g/mol. The Morgan fingerprint density at radius 1 is 0.857 bits per heavy atom. The molecule has 2 aromatic rings. The van der Waals surface area contributed by atoms with Gasteiger partial charge in [-0.1, -0.05) is 75.9 Å². The van der Waals surface area contributed by atoms with Gasteiger partial charge in [0.2, 0.25) is 0 Å². The summed E-state index contributed by atoms with van der Waals surface area (Å²) >= 11 is 0. The van der Waals surface area contributed by atoms with Gasteiger partial charge in [0.05, 0.1) is 6.61 Å². The fraction of sp³-hybridized carbons (Fsp3) is 0.500. The smallest absolute Gasteiger partial charge is 0.140 e. The molecule has 28 heavy (non-hydrogen) atoms. The molecule has 2 heteroatoms. The third kappa shape index (κ3) is 5.70. The van der Waals surface area contributed by atoms with E-state index in [0.717, 1.165) is 38.0 Å². The summed E-state index contributed by atoms with van der Waals surface area (Å²) in [6.07, 6.45) is 9.15. The van der Waals surface area contributed by atoms with E-state index in [4.69, 9.17) is 4.74 Å². The summed E-state index contributed by atoms with van der Waals surface area (Å²) in [5.74, 6) is 1.99.